The summed E-state index contributed by atoms with van der Waals surface area (Å²) in [4.78, 5) is 13.3. The SMILES string of the molecule is C#CCOc1ccc(C2=CCC(C)C(=O)N2CC(F)F)cc1. The van der Waals surface area contributed by atoms with Crippen molar-refractivity contribution in [3.8, 4) is 18.1 Å². The molecule has 1 heterocycles. The second kappa shape index (κ2) is 7.08. The number of hydrogen-bond acceptors (Lipinski definition) is 2. The third-order valence-electron chi connectivity index (χ3n) is 3.44. The van der Waals surface area contributed by atoms with Crippen LogP contribution in [-0.2, 0) is 4.79 Å². The average Bonchev–Trinajstić information content (AvgIpc) is 2.50. The number of carbonyl (C=O) groups is 1. The van der Waals surface area contributed by atoms with Gasteiger partial charge in [-0.15, -0.1) is 6.42 Å². The molecule has 1 atom stereocenters. The van der Waals surface area contributed by atoms with Crippen LogP contribution in [0.4, 0.5) is 8.78 Å². The third kappa shape index (κ3) is 3.64. The molecule has 1 aromatic carbocycles. The molecule has 2 rings (SSSR count). The topological polar surface area (TPSA) is 29.5 Å². The Bertz CT molecular complexity index is 602. The number of amides is 1. The lowest BCUT2D eigenvalue weighted by Gasteiger charge is -2.31. The third-order valence-corrected chi connectivity index (χ3v) is 3.44. The molecule has 0 spiro atoms. The van der Waals surface area contributed by atoms with Crippen molar-refractivity contribution >= 4 is 11.6 Å². The molecule has 0 radical (unpaired) electrons. The number of alkyl halides is 2. The predicted molar refractivity (Wildman–Crippen MR) is 80.2 cm³/mol. The summed E-state index contributed by atoms with van der Waals surface area (Å²) >= 11 is 0. The van der Waals surface area contributed by atoms with Crippen LogP contribution >= 0.6 is 0 Å². The molecule has 1 aromatic rings. The standard InChI is InChI=1S/C17H17F2NO2/c1-3-10-22-14-7-5-13(6-8-14)15-9-4-12(2)17(21)20(15)11-16(18)19/h1,5-9,12,16H,4,10-11H2,2H3. The average molecular weight is 305 g/mol. The molecule has 0 fully saturated rings. The zero-order valence-electron chi connectivity index (χ0n) is 12.3. The lowest BCUT2D eigenvalue weighted by Crippen LogP contribution is -2.39. The molecule has 22 heavy (non-hydrogen) atoms. The number of ether oxygens (including phenoxy) is 1. The van der Waals surface area contributed by atoms with Crippen molar-refractivity contribution in [2.24, 2.45) is 5.92 Å². The molecule has 0 bridgehead atoms. The summed E-state index contributed by atoms with van der Waals surface area (Å²) in [5.74, 6) is 2.41. The van der Waals surface area contributed by atoms with Gasteiger partial charge < -0.3 is 9.64 Å². The summed E-state index contributed by atoms with van der Waals surface area (Å²) < 4.78 is 30.8. The van der Waals surface area contributed by atoms with Gasteiger partial charge in [-0.2, -0.15) is 0 Å². The molecule has 1 aliphatic rings. The smallest absolute Gasteiger partial charge is 0.256 e. The van der Waals surface area contributed by atoms with E-state index < -0.39 is 13.0 Å². The normalized spacial score (nSPS) is 18.1. The molecule has 1 unspecified atom stereocenters. The van der Waals surface area contributed by atoms with Gasteiger partial charge in [0.2, 0.25) is 5.91 Å². The first-order chi connectivity index (χ1) is 10.5. The lowest BCUT2D eigenvalue weighted by molar-refractivity contribution is -0.133. The molecule has 5 heteroatoms. The van der Waals surface area contributed by atoms with E-state index in [1.54, 1.807) is 31.2 Å². The Hall–Kier alpha value is -2.35. The zero-order valence-corrected chi connectivity index (χ0v) is 12.3. The number of nitrogens with zero attached hydrogens (tertiary/aromatic N) is 1. The van der Waals surface area contributed by atoms with Gasteiger partial charge in [0.1, 0.15) is 12.4 Å². The van der Waals surface area contributed by atoms with Crippen molar-refractivity contribution in [2.45, 2.75) is 19.8 Å². The van der Waals surface area contributed by atoms with Gasteiger partial charge in [-0.25, -0.2) is 8.78 Å². The van der Waals surface area contributed by atoms with E-state index in [4.69, 9.17) is 11.2 Å². The quantitative estimate of drug-likeness (QED) is 0.782. The first-order valence-electron chi connectivity index (χ1n) is 6.99. The molecule has 0 N–H and O–H groups in total. The molecular weight excluding hydrogens is 288 g/mol. The Labute approximate surface area is 128 Å². The molecule has 3 nitrogen and oxygen atoms in total. The summed E-state index contributed by atoms with van der Waals surface area (Å²) in [6.07, 6.45) is 4.91. The van der Waals surface area contributed by atoms with Gasteiger partial charge in [0, 0.05) is 11.6 Å². The van der Waals surface area contributed by atoms with Crippen LogP contribution in [-0.4, -0.2) is 30.4 Å². The molecule has 1 aliphatic heterocycles. The fraction of sp³-hybridized carbons (Fsp3) is 0.353. The fourth-order valence-electron chi connectivity index (χ4n) is 2.33. The minimum atomic E-state index is -2.57. The Kier molecular flexibility index (Phi) is 5.16. The van der Waals surface area contributed by atoms with Crippen LogP contribution in [0, 0.1) is 18.3 Å². The molecule has 116 valence electrons. The maximum Gasteiger partial charge on any atom is 0.256 e. The van der Waals surface area contributed by atoms with Crippen molar-refractivity contribution in [1.29, 1.82) is 0 Å². The molecule has 1 amide bonds. The van der Waals surface area contributed by atoms with E-state index in [0.29, 0.717) is 23.4 Å². The number of terminal acetylenes is 1. The number of allylic oxidation sites excluding steroid dienone is 1. The van der Waals surface area contributed by atoms with Crippen LogP contribution in [0.5, 0.6) is 5.75 Å². The summed E-state index contributed by atoms with van der Waals surface area (Å²) in [6, 6.07) is 6.88. The monoisotopic (exact) mass is 305 g/mol. The number of rotatable bonds is 5. The second-order valence-corrected chi connectivity index (χ2v) is 5.08. The largest absolute Gasteiger partial charge is 0.481 e. The van der Waals surface area contributed by atoms with Gasteiger partial charge in [-0.1, -0.05) is 18.9 Å². The maximum atomic E-state index is 12.8. The molecular formula is C17H17F2NO2. The lowest BCUT2D eigenvalue weighted by atomic mass is 9.97. The van der Waals surface area contributed by atoms with Crippen LogP contribution < -0.4 is 4.74 Å². The molecule has 0 saturated heterocycles. The summed E-state index contributed by atoms with van der Waals surface area (Å²) in [5, 5.41) is 0. The Morgan fingerprint density at radius 3 is 2.68 bits per heavy atom. The highest BCUT2D eigenvalue weighted by atomic mass is 19.3. The summed E-state index contributed by atoms with van der Waals surface area (Å²) in [6.45, 7) is 1.31. The van der Waals surface area contributed by atoms with Gasteiger partial charge in [0.15, 0.2) is 0 Å². The van der Waals surface area contributed by atoms with Gasteiger partial charge >= 0.3 is 0 Å². The van der Waals surface area contributed by atoms with Gasteiger partial charge in [-0.3, -0.25) is 4.79 Å². The minimum Gasteiger partial charge on any atom is -0.481 e. The number of benzene rings is 1. The van der Waals surface area contributed by atoms with E-state index in [-0.39, 0.29) is 18.4 Å². The van der Waals surface area contributed by atoms with Crippen LogP contribution in [0.15, 0.2) is 30.3 Å². The number of halogens is 2. The number of carbonyl (C=O) groups excluding carboxylic acids is 1. The van der Waals surface area contributed by atoms with E-state index in [2.05, 4.69) is 5.92 Å². The van der Waals surface area contributed by atoms with Gasteiger partial charge in [0.25, 0.3) is 6.43 Å². The van der Waals surface area contributed by atoms with E-state index in [9.17, 15) is 13.6 Å². The van der Waals surface area contributed by atoms with Crippen LogP contribution in [0.1, 0.15) is 18.9 Å². The summed E-state index contributed by atoms with van der Waals surface area (Å²) in [7, 11) is 0. The molecule has 0 aromatic heterocycles. The first-order valence-corrected chi connectivity index (χ1v) is 6.99. The highest BCUT2D eigenvalue weighted by molar-refractivity contribution is 5.90. The molecule has 0 aliphatic carbocycles. The van der Waals surface area contributed by atoms with E-state index in [1.165, 1.54) is 0 Å². The predicted octanol–water partition coefficient (Wildman–Crippen LogP) is 3.17. The number of hydrogen-bond donors (Lipinski definition) is 0. The highest BCUT2D eigenvalue weighted by Gasteiger charge is 2.30. The fourth-order valence-corrected chi connectivity index (χ4v) is 2.33. The summed E-state index contributed by atoms with van der Waals surface area (Å²) in [5.41, 5.74) is 1.22. The Morgan fingerprint density at radius 2 is 2.09 bits per heavy atom. The zero-order chi connectivity index (χ0) is 16.1. The van der Waals surface area contributed by atoms with Crippen molar-refractivity contribution < 1.29 is 18.3 Å². The van der Waals surface area contributed by atoms with Crippen molar-refractivity contribution in [3.05, 3.63) is 35.9 Å². The van der Waals surface area contributed by atoms with E-state index in [1.807, 2.05) is 6.08 Å². The highest BCUT2D eigenvalue weighted by Crippen LogP contribution is 2.30. The van der Waals surface area contributed by atoms with Crippen molar-refractivity contribution in [1.82, 2.24) is 4.90 Å². The van der Waals surface area contributed by atoms with Crippen LogP contribution in [0.3, 0.4) is 0 Å². The van der Waals surface area contributed by atoms with Crippen LogP contribution in [0.2, 0.25) is 0 Å². The van der Waals surface area contributed by atoms with Gasteiger partial charge in [0.05, 0.1) is 6.54 Å². The van der Waals surface area contributed by atoms with E-state index >= 15 is 0 Å². The van der Waals surface area contributed by atoms with Crippen molar-refractivity contribution in [3.63, 3.8) is 0 Å². The molecule has 0 saturated carbocycles. The Balaban J connectivity index is 2.24. The van der Waals surface area contributed by atoms with E-state index in [0.717, 1.165) is 4.90 Å². The Morgan fingerprint density at radius 1 is 1.41 bits per heavy atom. The van der Waals surface area contributed by atoms with Crippen LogP contribution in [0.25, 0.3) is 5.70 Å². The first kappa shape index (κ1) is 16.0. The van der Waals surface area contributed by atoms with Gasteiger partial charge in [-0.05, 0) is 36.2 Å². The van der Waals surface area contributed by atoms with Crippen molar-refractivity contribution in [2.75, 3.05) is 13.2 Å². The maximum absolute atomic E-state index is 12.8. The minimum absolute atomic E-state index is 0.162. The second-order valence-electron chi connectivity index (χ2n) is 5.08.